The van der Waals surface area contributed by atoms with E-state index in [2.05, 4.69) is 20.4 Å². The van der Waals surface area contributed by atoms with E-state index in [-0.39, 0.29) is 0 Å². The predicted molar refractivity (Wildman–Crippen MR) is 69.8 cm³/mol. The predicted octanol–water partition coefficient (Wildman–Crippen LogP) is 3.69. The van der Waals surface area contributed by atoms with E-state index in [4.69, 9.17) is 13.6 Å². The van der Waals surface area contributed by atoms with Crippen molar-refractivity contribution in [3.05, 3.63) is 0 Å². The standard InChI is InChI=1S/C12H28O3Si/c1-5-7-9-10-14-12-15-16(4,13-3)11-8-6-2/h5-12H2,1-4H3. The first-order valence-electron chi connectivity index (χ1n) is 6.45. The molecule has 0 saturated carbocycles. The van der Waals surface area contributed by atoms with Crippen molar-refractivity contribution >= 4 is 8.56 Å². The second kappa shape index (κ2) is 10.3. The zero-order valence-electron chi connectivity index (χ0n) is 11.4. The van der Waals surface area contributed by atoms with Crippen molar-refractivity contribution in [2.75, 3.05) is 20.5 Å². The van der Waals surface area contributed by atoms with Gasteiger partial charge in [0, 0.05) is 13.7 Å². The van der Waals surface area contributed by atoms with Gasteiger partial charge in [0.25, 0.3) is 0 Å². The molecule has 3 nitrogen and oxygen atoms in total. The first-order valence-corrected chi connectivity index (χ1v) is 8.97. The molecule has 0 bridgehead atoms. The Hall–Kier alpha value is 0.0969. The Morgan fingerprint density at radius 1 is 1.00 bits per heavy atom. The highest BCUT2D eigenvalue weighted by Gasteiger charge is 2.29. The molecule has 0 radical (unpaired) electrons. The van der Waals surface area contributed by atoms with E-state index in [9.17, 15) is 0 Å². The summed E-state index contributed by atoms with van der Waals surface area (Å²) in [6.07, 6.45) is 5.94. The van der Waals surface area contributed by atoms with Gasteiger partial charge in [-0.05, 0) is 19.0 Å². The summed E-state index contributed by atoms with van der Waals surface area (Å²) in [6, 6.07) is 1.05. The molecule has 0 N–H and O–H groups in total. The van der Waals surface area contributed by atoms with Gasteiger partial charge in [-0.1, -0.05) is 39.5 Å². The summed E-state index contributed by atoms with van der Waals surface area (Å²) in [4.78, 5) is 0. The summed E-state index contributed by atoms with van der Waals surface area (Å²) in [5, 5.41) is 0. The molecule has 0 aromatic carbocycles. The summed E-state index contributed by atoms with van der Waals surface area (Å²) in [5.74, 6) is 0. The number of ether oxygens (including phenoxy) is 1. The van der Waals surface area contributed by atoms with Crippen LogP contribution < -0.4 is 0 Å². The molecular formula is C12H28O3Si. The second-order valence-electron chi connectivity index (χ2n) is 4.32. The van der Waals surface area contributed by atoms with E-state index in [1.807, 2.05) is 0 Å². The molecule has 1 atom stereocenters. The lowest BCUT2D eigenvalue weighted by atomic mass is 10.3. The molecule has 1 unspecified atom stereocenters. The molecule has 0 aliphatic carbocycles. The van der Waals surface area contributed by atoms with Gasteiger partial charge in [-0.3, -0.25) is 0 Å². The van der Waals surface area contributed by atoms with Gasteiger partial charge < -0.3 is 13.6 Å². The maximum atomic E-state index is 5.76. The van der Waals surface area contributed by atoms with Crippen LogP contribution in [0.2, 0.25) is 12.6 Å². The summed E-state index contributed by atoms with van der Waals surface area (Å²) in [7, 11) is -0.189. The molecule has 0 aromatic heterocycles. The fourth-order valence-corrected chi connectivity index (χ4v) is 3.21. The topological polar surface area (TPSA) is 27.7 Å². The lowest BCUT2D eigenvalue weighted by molar-refractivity contribution is -0.00757. The van der Waals surface area contributed by atoms with E-state index in [1.165, 1.54) is 25.7 Å². The number of hydrogen-bond donors (Lipinski definition) is 0. The summed E-state index contributed by atoms with van der Waals surface area (Å²) >= 11 is 0. The van der Waals surface area contributed by atoms with Gasteiger partial charge in [0.1, 0.15) is 6.79 Å². The normalized spacial score (nSPS) is 15.0. The van der Waals surface area contributed by atoms with Gasteiger partial charge in [0.15, 0.2) is 0 Å². The molecule has 0 amide bonds. The van der Waals surface area contributed by atoms with Gasteiger partial charge >= 0.3 is 8.56 Å². The molecule has 0 saturated heterocycles. The van der Waals surface area contributed by atoms with Crippen LogP contribution in [0.4, 0.5) is 0 Å². The van der Waals surface area contributed by atoms with E-state index < -0.39 is 8.56 Å². The highest BCUT2D eigenvalue weighted by Crippen LogP contribution is 2.16. The second-order valence-corrected chi connectivity index (χ2v) is 7.78. The van der Waals surface area contributed by atoms with Gasteiger partial charge in [-0.2, -0.15) is 0 Å². The molecule has 98 valence electrons. The number of unbranched alkanes of at least 4 members (excludes halogenated alkanes) is 3. The zero-order chi connectivity index (χ0) is 12.3. The van der Waals surface area contributed by atoms with Gasteiger partial charge in [0.2, 0.25) is 0 Å². The highest BCUT2D eigenvalue weighted by atomic mass is 28.4. The Morgan fingerprint density at radius 3 is 2.25 bits per heavy atom. The molecule has 0 aliphatic rings. The third-order valence-corrected chi connectivity index (χ3v) is 5.61. The molecule has 16 heavy (non-hydrogen) atoms. The molecule has 0 spiro atoms. The lowest BCUT2D eigenvalue weighted by Crippen LogP contribution is -2.38. The molecular weight excluding hydrogens is 220 g/mol. The molecule has 0 heterocycles. The van der Waals surface area contributed by atoms with E-state index in [1.54, 1.807) is 7.11 Å². The van der Waals surface area contributed by atoms with Gasteiger partial charge in [-0.25, -0.2) is 0 Å². The number of rotatable bonds is 11. The van der Waals surface area contributed by atoms with E-state index >= 15 is 0 Å². The minimum Gasteiger partial charge on any atom is -0.398 e. The van der Waals surface area contributed by atoms with Crippen LogP contribution in [0.1, 0.15) is 46.0 Å². The van der Waals surface area contributed by atoms with Crippen molar-refractivity contribution in [2.24, 2.45) is 0 Å². The monoisotopic (exact) mass is 248 g/mol. The van der Waals surface area contributed by atoms with Crippen LogP contribution >= 0.6 is 0 Å². The maximum absolute atomic E-state index is 5.76. The fourth-order valence-electron chi connectivity index (χ4n) is 1.41. The quantitative estimate of drug-likeness (QED) is 0.317. The third-order valence-electron chi connectivity index (χ3n) is 2.76. The Bertz CT molecular complexity index is 155. The van der Waals surface area contributed by atoms with E-state index in [0.717, 1.165) is 19.1 Å². The van der Waals surface area contributed by atoms with Crippen LogP contribution in [-0.2, 0) is 13.6 Å². The van der Waals surface area contributed by atoms with Crippen molar-refractivity contribution in [2.45, 2.75) is 58.5 Å². The largest absolute Gasteiger partial charge is 0.398 e. The van der Waals surface area contributed by atoms with Crippen molar-refractivity contribution in [1.29, 1.82) is 0 Å². The fraction of sp³-hybridized carbons (Fsp3) is 1.00. The van der Waals surface area contributed by atoms with Gasteiger partial charge in [0.05, 0.1) is 0 Å². The maximum Gasteiger partial charge on any atom is 0.336 e. The Kier molecular flexibility index (Phi) is 10.3. The van der Waals surface area contributed by atoms with Crippen molar-refractivity contribution in [3.8, 4) is 0 Å². The molecule has 0 fully saturated rings. The zero-order valence-corrected chi connectivity index (χ0v) is 12.4. The summed E-state index contributed by atoms with van der Waals surface area (Å²) in [5.41, 5.74) is 0. The van der Waals surface area contributed by atoms with Crippen molar-refractivity contribution in [3.63, 3.8) is 0 Å². The van der Waals surface area contributed by atoms with Crippen LogP contribution in [0.3, 0.4) is 0 Å². The van der Waals surface area contributed by atoms with Crippen LogP contribution in [0.25, 0.3) is 0 Å². The number of hydrogen-bond acceptors (Lipinski definition) is 3. The third kappa shape index (κ3) is 8.27. The van der Waals surface area contributed by atoms with Crippen LogP contribution in [-0.4, -0.2) is 29.1 Å². The SMILES string of the molecule is CCCCCOCO[Si](C)(CCCC)OC. The summed E-state index contributed by atoms with van der Waals surface area (Å²) in [6.45, 7) is 7.68. The van der Waals surface area contributed by atoms with Crippen molar-refractivity contribution < 1.29 is 13.6 Å². The van der Waals surface area contributed by atoms with E-state index in [0.29, 0.717) is 6.79 Å². The average molecular weight is 248 g/mol. The van der Waals surface area contributed by atoms with Crippen LogP contribution in [0.15, 0.2) is 0 Å². The lowest BCUT2D eigenvalue weighted by Gasteiger charge is -2.24. The van der Waals surface area contributed by atoms with Crippen LogP contribution in [0.5, 0.6) is 0 Å². The highest BCUT2D eigenvalue weighted by molar-refractivity contribution is 6.65. The minimum absolute atomic E-state index is 0.393. The smallest absolute Gasteiger partial charge is 0.336 e. The first kappa shape index (κ1) is 16.1. The average Bonchev–Trinajstić information content (AvgIpc) is 2.31. The minimum atomic E-state index is -1.94. The molecule has 0 rings (SSSR count). The van der Waals surface area contributed by atoms with Gasteiger partial charge in [-0.15, -0.1) is 0 Å². The Labute approximate surface area is 102 Å². The molecule has 0 aromatic rings. The van der Waals surface area contributed by atoms with Crippen molar-refractivity contribution in [1.82, 2.24) is 0 Å². The first-order chi connectivity index (χ1) is 7.68. The Morgan fingerprint density at radius 2 is 1.69 bits per heavy atom. The Balaban J connectivity index is 3.53. The molecule has 0 aliphatic heterocycles. The van der Waals surface area contributed by atoms with Crippen LogP contribution in [0, 0.1) is 0 Å². The summed E-state index contributed by atoms with van der Waals surface area (Å²) < 4.78 is 16.7. The molecule has 4 heteroatoms.